The lowest BCUT2D eigenvalue weighted by atomic mass is 10.0. The van der Waals surface area contributed by atoms with E-state index in [1.54, 1.807) is 32.9 Å². The molecule has 0 aliphatic carbocycles. The van der Waals surface area contributed by atoms with E-state index in [1.165, 1.54) is 10.4 Å². The van der Waals surface area contributed by atoms with Gasteiger partial charge >= 0.3 is 0 Å². The molecule has 1 heterocycles. The fourth-order valence-electron chi connectivity index (χ4n) is 2.45. The summed E-state index contributed by atoms with van der Waals surface area (Å²) in [4.78, 5) is 11.8. The average molecular weight is 312 g/mol. The third kappa shape index (κ3) is 2.81. The molecule has 0 aromatic heterocycles. The number of nitrogens with zero attached hydrogens (tertiary/aromatic N) is 1. The third-order valence-electron chi connectivity index (χ3n) is 3.64. The Balaban J connectivity index is 2.45. The molecule has 1 amide bonds. The van der Waals surface area contributed by atoms with Crippen LogP contribution in [0.5, 0.6) is 0 Å². The van der Waals surface area contributed by atoms with Crippen LogP contribution in [0.15, 0.2) is 23.1 Å². The lowest BCUT2D eigenvalue weighted by molar-refractivity contribution is -0.116. The number of anilines is 1. The van der Waals surface area contributed by atoms with Crippen LogP contribution in [0, 0.1) is 0 Å². The SMILES string of the molecule is CC1C(=O)Nc2ccc(S(=O)(=O)N(CCO)C(C)C)cc21. The van der Waals surface area contributed by atoms with E-state index in [0.29, 0.717) is 11.3 Å². The van der Waals surface area contributed by atoms with Gasteiger partial charge in [0.1, 0.15) is 0 Å². The molecule has 0 saturated carbocycles. The fraction of sp³-hybridized carbons (Fsp3) is 0.500. The highest BCUT2D eigenvalue weighted by Gasteiger charge is 2.31. The highest BCUT2D eigenvalue weighted by Crippen LogP contribution is 2.34. The summed E-state index contributed by atoms with van der Waals surface area (Å²) in [7, 11) is -3.69. The van der Waals surface area contributed by atoms with Crippen molar-refractivity contribution in [2.75, 3.05) is 18.5 Å². The van der Waals surface area contributed by atoms with E-state index in [4.69, 9.17) is 5.11 Å². The molecule has 1 aromatic rings. The second kappa shape index (κ2) is 5.75. The number of carbonyl (C=O) groups excluding carboxylic acids is 1. The molecule has 1 aliphatic heterocycles. The van der Waals surface area contributed by atoms with E-state index in [-0.39, 0.29) is 35.9 Å². The van der Waals surface area contributed by atoms with E-state index < -0.39 is 10.0 Å². The van der Waals surface area contributed by atoms with Gasteiger partial charge in [0.05, 0.1) is 17.4 Å². The van der Waals surface area contributed by atoms with Gasteiger partial charge in [-0.15, -0.1) is 0 Å². The predicted molar refractivity (Wildman–Crippen MR) is 79.6 cm³/mol. The van der Waals surface area contributed by atoms with Crippen molar-refractivity contribution in [3.63, 3.8) is 0 Å². The minimum Gasteiger partial charge on any atom is -0.395 e. The first kappa shape index (κ1) is 15.9. The van der Waals surface area contributed by atoms with E-state index in [0.717, 1.165) is 0 Å². The number of aliphatic hydroxyl groups excluding tert-OH is 1. The molecule has 0 spiro atoms. The second-order valence-electron chi connectivity index (χ2n) is 5.39. The van der Waals surface area contributed by atoms with E-state index in [9.17, 15) is 13.2 Å². The minimum absolute atomic E-state index is 0.0455. The topological polar surface area (TPSA) is 86.7 Å². The van der Waals surface area contributed by atoms with Crippen LogP contribution in [-0.4, -0.2) is 42.9 Å². The number of amides is 1. The van der Waals surface area contributed by atoms with Gasteiger partial charge in [0.25, 0.3) is 0 Å². The van der Waals surface area contributed by atoms with Gasteiger partial charge < -0.3 is 10.4 Å². The number of hydrogen-bond donors (Lipinski definition) is 2. The molecule has 116 valence electrons. The molecule has 1 aliphatic rings. The van der Waals surface area contributed by atoms with Gasteiger partial charge in [-0.1, -0.05) is 0 Å². The number of hydrogen-bond acceptors (Lipinski definition) is 4. The quantitative estimate of drug-likeness (QED) is 0.853. The summed E-state index contributed by atoms with van der Waals surface area (Å²) < 4.78 is 26.6. The van der Waals surface area contributed by atoms with Gasteiger partial charge in [-0.2, -0.15) is 4.31 Å². The van der Waals surface area contributed by atoms with Gasteiger partial charge in [-0.25, -0.2) is 8.42 Å². The van der Waals surface area contributed by atoms with Crippen LogP contribution in [0.4, 0.5) is 5.69 Å². The number of fused-ring (bicyclic) bond motifs is 1. The summed E-state index contributed by atoms with van der Waals surface area (Å²) in [6, 6.07) is 4.38. The zero-order chi connectivity index (χ0) is 15.8. The van der Waals surface area contributed by atoms with Crippen LogP contribution in [0.25, 0.3) is 0 Å². The van der Waals surface area contributed by atoms with Crippen LogP contribution in [-0.2, 0) is 14.8 Å². The van der Waals surface area contributed by atoms with Crippen LogP contribution >= 0.6 is 0 Å². The molecule has 1 unspecified atom stereocenters. The van der Waals surface area contributed by atoms with Crippen molar-refractivity contribution in [3.8, 4) is 0 Å². The van der Waals surface area contributed by atoms with Crippen LogP contribution in [0.3, 0.4) is 0 Å². The van der Waals surface area contributed by atoms with Crippen molar-refractivity contribution in [3.05, 3.63) is 23.8 Å². The second-order valence-corrected chi connectivity index (χ2v) is 7.28. The summed E-state index contributed by atoms with van der Waals surface area (Å²) in [6.45, 7) is 5.07. The lowest BCUT2D eigenvalue weighted by Crippen LogP contribution is -2.38. The molecular formula is C14H20N2O4S. The van der Waals surface area contributed by atoms with Crippen LogP contribution in [0.1, 0.15) is 32.3 Å². The Labute approximate surface area is 124 Å². The highest BCUT2D eigenvalue weighted by molar-refractivity contribution is 7.89. The zero-order valence-electron chi connectivity index (χ0n) is 12.3. The van der Waals surface area contributed by atoms with Crippen molar-refractivity contribution >= 4 is 21.6 Å². The molecule has 0 saturated heterocycles. The molecule has 0 radical (unpaired) electrons. The smallest absolute Gasteiger partial charge is 0.243 e. The van der Waals surface area contributed by atoms with Crippen molar-refractivity contribution in [2.45, 2.75) is 37.6 Å². The Morgan fingerprint density at radius 3 is 2.62 bits per heavy atom. The lowest BCUT2D eigenvalue weighted by Gasteiger charge is -2.25. The Kier molecular flexibility index (Phi) is 4.36. The molecule has 6 nitrogen and oxygen atoms in total. The average Bonchev–Trinajstić information content (AvgIpc) is 2.70. The van der Waals surface area contributed by atoms with Gasteiger partial charge in [0, 0.05) is 18.3 Å². The molecule has 2 N–H and O–H groups in total. The number of sulfonamides is 1. The maximum atomic E-state index is 12.7. The Morgan fingerprint density at radius 2 is 2.05 bits per heavy atom. The van der Waals surface area contributed by atoms with E-state index in [2.05, 4.69) is 5.32 Å². The van der Waals surface area contributed by atoms with Crippen LogP contribution in [0.2, 0.25) is 0 Å². The van der Waals surface area contributed by atoms with Crippen molar-refractivity contribution in [2.24, 2.45) is 0 Å². The number of nitrogens with one attached hydrogen (secondary N) is 1. The number of benzene rings is 1. The summed E-state index contributed by atoms with van der Waals surface area (Å²) >= 11 is 0. The Hall–Kier alpha value is -1.44. The first-order valence-electron chi connectivity index (χ1n) is 6.86. The maximum Gasteiger partial charge on any atom is 0.243 e. The highest BCUT2D eigenvalue weighted by atomic mass is 32.2. The summed E-state index contributed by atoms with van der Waals surface area (Å²) in [6.07, 6.45) is 0. The Morgan fingerprint density at radius 1 is 1.38 bits per heavy atom. The van der Waals surface area contributed by atoms with Gasteiger partial charge in [-0.05, 0) is 44.5 Å². The summed E-state index contributed by atoms with van der Waals surface area (Å²) in [5.74, 6) is -0.490. The Bertz CT molecular complexity index is 655. The van der Waals surface area contributed by atoms with Gasteiger partial charge in [-0.3, -0.25) is 4.79 Å². The van der Waals surface area contributed by atoms with Crippen molar-refractivity contribution < 1.29 is 18.3 Å². The molecular weight excluding hydrogens is 292 g/mol. The molecule has 1 atom stereocenters. The molecule has 21 heavy (non-hydrogen) atoms. The minimum atomic E-state index is -3.69. The normalized spacial score (nSPS) is 18.2. The largest absolute Gasteiger partial charge is 0.395 e. The molecule has 7 heteroatoms. The monoisotopic (exact) mass is 312 g/mol. The summed E-state index contributed by atoms with van der Waals surface area (Å²) in [5.41, 5.74) is 1.35. The molecule has 1 aromatic carbocycles. The number of rotatable bonds is 5. The first-order valence-corrected chi connectivity index (χ1v) is 8.30. The van der Waals surface area contributed by atoms with E-state index >= 15 is 0 Å². The van der Waals surface area contributed by atoms with Crippen molar-refractivity contribution in [1.82, 2.24) is 4.31 Å². The number of carbonyl (C=O) groups is 1. The molecule has 2 rings (SSSR count). The van der Waals surface area contributed by atoms with Gasteiger partial charge in [0.15, 0.2) is 0 Å². The zero-order valence-corrected chi connectivity index (χ0v) is 13.1. The van der Waals surface area contributed by atoms with Gasteiger partial charge in [0.2, 0.25) is 15.9 Å². The number of aliphatic hydroxyl groups is 1. The van der Waals surface area contributed by atoms with Crippen molar-refractivity contribution in [1.29, 1.82) is 0 Å². The maximum absolute atomic E-state index is 12.7. The summed E-state index contributed by atoms with van der Waals surface area (Å²) in [5, 5.41) is 11.8. The predicted octanol–water partition coefficient (Wildman–Crippen LogP) is 1.13. The first-order chi connectivity index (χ1) is 9.78. The molecule has 0 bridgehead atoms. The standard InChI is InChI=1S/C14H20N2O4S/c1-9(2)16(6-7-17)21(19,20)11-4-5-13-12(8-11)10(3)14(18)15-13/h4-5,8-10,17H,6-7H2,1-3H3,(H,15,18). The van der Waals surface area contributed by atoms with Crippen LogP contribution < -0.4 is 5.32 Å². The third-order valence-corrected chi connectivity index (χ3v) is 5.71. The van der Waals surface area contributed by atoms with E-state index in [1.807, 2.05) is 0 Å². The molecule has 0 fully saturated rings. The fourth-order valence-corrected chi connectivity index (χ4v) is 4.11.